The fourth-order valence-electron chi connectivity index (χ4n) is 3.06. The molecule has 4 rings (SSSR count). The van der Waals surface area contributed by atoms with Gasteiger partial charge >= 0.3 is 0 Å². The molecule has 0 atom stereocenters. The lowest BCUT2D eigenvalue weighted by atomic mass is 10.1. The quantitative estimate of drug-likeness (QED) is 0.730. The predicted octanol–water partition coefficient (Wildman–Crippen LogP) is 2.32. The van der Waals surface area contributed by atoms with Crippen molar-refractivity contribution in [2.75, 3.05) is 33.2 Å². The Morgan fingerprint density at radius 1 is 0.962 bits per heavy atom. The van der Waals surface area contributed by atoms with Crippen LogP contribution in [0.25, 0.3) is 16.9 Å². The zero-order valence-electron chi connectivity index (χ0n) is 14.7. The molecule has 3 aromatic rings. The van der Waals surface area contributed by atoms with E-state index in [4.69, 9.17) is 0 Å². The van der Waals surface area contributed by atoms with E-state index in [0.29, 0.717) is 5.56 Å². The number of hydrogen-bond acceptors (Lipinski definition) is 4. The molecule has 2 aromatic heterocycles. The number of carbonyl (C=O) groups excluding carboxylic acids is 1. The molecule has 3 heterocycles. The summed E-state index contributed by atoms with van der Waals surface area (Å²) < 4.78 is 1.82. The number of hydrogen-bond donors (Lipinski definition) is 0. The van der Waals surface area contributed by atoms with Crippen LogP contribution in [0.5, 0.6) is 0 Å². The maximum atomic E-state index is 12.6. The van der Waals surface area contributed by atoms with Gasteiger partial charge in [-0.05, 0) is 31.3 Å². The number of pyridine rings is 1. The van der Waals surface area contributed by atoms with E-state index in [9.17, 15) is 4.79 Å². The van der Waals surface area contributed by atoms with Crippen molar-refractivity contribution < 1.29 is 4.79 Å². The van der Waals surface area contributed by atoms with E-state index in [1.807, 2.05) is 58.2 Å². The number of amides is 1. The van der Waals surface area contributed by atoms with Gasteiger partial charge in [0.25, 0.3) is 5.91 Å². The van der Waals surface area contributed by atoms with Crippen LogP contribution in [-0.2, 0) is 0 Å². The molecule has 1 aliphatic rings. The minimum absolute atomic E-state index is 0.0529. The van der Waals surface area contributed by atoms with Crippen LogP contribution in [0.15, 0.2) is 61.1 Å². The fraction of sp³-hybridized carbons (Fsp3) is 0.250. The molecule has 6 heteroatoms. The molecule has 6 nitrogen and oxygen atoms in total. The Bertz CT molecular complexity index is 880. The van der Waals surface area contributed by atoms with Gasteiger partial charge in [-0.3, -0.25) is 9.78 Å². The summed E-state index contributed by atoms with van der Waals surface area (Å²) >= 11 is 0. The summed E-state index contributed by atoms with van der Waals surface area (Å²) in [6.45, 7) is 3.35. The van der Waals surface area contributed by atoms with Gasteiger partial charge in [0.05, 0.1) is 23.1 Å². The van der Waals surface area contributed by atoms with Crippen LogP contribution in [0, 0.1) is 0 Å². The Morgan fingerprint density at radius 3 is 2.42 bits per heavy atom. The molecule has 1 aromatic carbocycles. The number of benzene rings is 1. The Morgan fingerprint density at radius 2 is 1.73 bits per heavy atom. The van der Waals surface area contributed by atoms with Crippen molar-refractivity contribution in [3.05, 3.63) is 66.6 Å². The fourth-order valence-corrected chi connectivity index (χ4v) is 3.06. The molecule has 132 valence electrons. The average molecular weight is 347 g/mol. The molecule has 0 N–H and O–H groups in total. The van der Waals surface area contributed by atoms with Gasteiger partial charge in [0.15, 0.2) is 0 Å². The number of para-hydroxylation sites is 1. The highest BCUT2D eigenvalue weighted by Gasteiger charge is 2.20. The number of rotatable bonds is 3. The molecule has 1 saturated heterocycles. The van der Waals surface area contributed by atoms with Gasteiger partial charge in [-0.2, -0.15) is 5.10 Å². The third kappa shape index (κ3) is 3.36. The predicted molar refractivity (Wildman–Crippen MR) is 100 cm³/mol. The zero-order chi connectivity index (χ0) is 17.9. The Labute approximate surface area is 152 Å². The highest BCUT2D eigenvalue weighted by Crippen LogP contribution is 2.19. The standard InChI is InChI=1S/C20H21N5O/c1-23-9-11-24(12-10-23)20(26)16-7-8-19(21-13-16)17-14-22-25(15-17)18-5-3-2-4-6-18/h2-8,13-15H,9-12H2,1H3. The van der Waals surface area contributed by atoms with E-state index in [1.54, 1.807) is 12.4 Å². The van der Waals surface area contributed by atoms with Crippen molar-refractivity contribution in [1.82, 2.24) is 24.6 Å². The number of nitrogens with zero attached hydrogens (tertiary/aromatic N) is 5. The third-order valence-corrected chi connectivity index (χ3v) is 4.70. The van der Waals surface area contributed by atoms with E-state index in [2.05, 4.69) is 22.0 Å². The van der Waals surface area contributed by atoms with Crippen molar-refractivity contribution >= 4 is 5.91 Å². The van der Waals surface area contributed by atoms with Gasteiger partial charge in [-0.15, -0.1) is 0 Å². The zero-order valence-corrected chi connectivity index (χ0v) is 14.7. The molecular weight excluding hydrogens is 326 g/mol. The van der Waals surface area contributed by atoms with E-state index in [-0.39, 0.29) is 5.91 Å². The maximum absolute atomic E-state index is 12.6. The molecule has 1 fully saturated rings. The second-order valence-electron chi connectivity index (χ2n) is 6.54. The number of piperazine rings is 1. The molecule has 1 aliphatic heterocycles. The Balaban J connectivity index is 1.50. The molecule has 0 unspecified atom stereocenters. The molecule has 0 radical (unpaired) electrons. The summed E-state index contributed by atoms with van der Waals surface area (Å²) in [5.41, 5.74) is 3.36. The summed E-state index contributed by atoms with van der Waals surface area (Å²) in [7, 11) is 2.08. The SMILES string of the molecule is CN1CCN(C(=O)c2ccc(-c3cnn(-c4ccccc4)c3)nc2)CC1. The Kier molecular flexibility index (Phi) is 4.50. The monoisotopic (exact) mass is 347 g/mol. The first kappa shape index (κ1) is 16.5. The molecule has 0 saturated carbocycles. The van der Waals surface area contributed by atoms with Crippen LogP contribution in [0.2, 0.25) is 0 Å². The first-order valence-electron chi connectivity index (χ1n) is 8.75. The molecule has 0 spiro atoms. The highest BCUT2D eigenvalue weighted by atomic mass is 16.2. The Hall–Kier alpha value is -2.99. The van der Waals surface area contributed by atoms with Crippen molar-refractivity contribution in [2.45, 2.75) is 0 Å². The summed E-state index contributed by atoms with van der Waals surface area (Å²) in [6.07, 6.45) is 5.40. The topological polar surface area (TPSA) is 54.3 Å². The van der Waals surface area contributed by atoms with Gasteiger partial charge in [0, 0.05) is 44.1 Å². The smallest absolute Gasteiger partial charge is 0.255 e. The first-order valence-corrected chi connectivity index (χ1v) is 8.75. The van der Waals surface area contributed by atoms with Crippen LogP contribution in [-0.4, -0.2) is 63.7 Å². The summed E-state index contributed by atoms with van der Waals surface area (Å²) in [5, 5.41) is 4.40. The van der Waals surface area contributed by atoms with E-state index < -0.39 is 0 Å². The van der Waals surface area contributed by atoms with Crippen molar-refractivity contribution in [3.8, 4) is 16.9 Å². The lowest BCUT2D eigenvalue weighted by molar-refractivity contribution is 0.0663. The summed E-state index contributed by atoms with van der Waals surface area (Å²) in [5.74, 6) is 0.0529. The molecule has 0 bridgehead atoms. The van der Waals surface area contributed by atoms with E-state index in [0.717, 1.165) is 43.1 Å². The van der Waals surface area contributed by atoms with Crippen molar-refractivity contribution in [1.29, 1.82) is 0 Å². The minimum atomic E-state index is 0.0529. The number of aromatic nitrogens is 3. The average Bonchev–Trinajstić information content (AvgIpc) is 3.19. The normalized spacial score (nSPS) is 15.2. The van der Waals surface area contributed by atoms with E-state index >= 15 is 0 Å². The van der Waals surface area contributed by atoms with Gasteiger partial charge in [-0.1, -0.05) is 18.2 Å². The van der Waals surface area contributed by atoms with Crippen LogP contribution < -0.4 is 0 Å². The summed E-state index contributed by atoms with van der Waals surface area (Å²) in [4.78, 5) is 21.2. The molecule has 0 aliphatic carbocycles. The maximum Gasteiger partial charge on any atom is 0.255 e. The van der Waals surface area contributed by atoms with Crippen LogP contribution in [0.4, 0.5) is 0 Å². The van der Waals surface area contributed by atoms with Crippen LogP contribution in [0.3, 0.4) is 0 Å². The van der Waals surface area contributed by atoms with Gasteiger partial charge < -0.3 is 9.80 Å². The van der Waals surface area contributed by atoms with Crippen LogP contribution >= 0.6 is 0 Å². The van der Waals surface area contributed by atoms with Gasteiger partial charge in [0.1, 0.15) is 0 Å². The largest absolute Gasteiger partial charge is 0.336 e. The minimum Gasteiger partial charge on any atom is -0.336 e. The van der Waals surface area contributed by atoms with Crippen molar-refractivity contribution in [3.63, 3.8) is 0 Å². The molecule has 26 heavy (non-hydrogen) atoms. The van der Waals surface area contributed by atoms with Gasteiger partial charge in [-0.25, -0.2) is 4.68 Å². The van der Waals surface area contributed by atoms with Crippen LogP contribution in [0.1, 0.15) is 10.4 Å². The second-order valence-corrected chi connectivity index (χ2v) is 6.54. The van der Waals surface area contributed by atoms with E-state index in [1.165, 1.54) is 0 Å². The van der Waals surface area contributed by atoms with Crippen molar-refractivity contribution in [2.24, 2.45) is 0 Å². The number of carbonyl (C=O) groups is 1. The third-order valence-electron chi connectivity index (χ3n) is 4.70. The number of likely N-dealkylation sites (N-methyl/N-ethyl adjacent to an activating group) is 1. The summed E-state index contributed by atoms with van der Waals surface area (Å²) in [6, 6.07) is 13.7. The van der Waals surface area contributed by atoms with Gasteiger partial charge in [0.2, 0.25) is 0 Å². The lowest BCUT2D eigenvalue weighted by Gasteiger charge is -2.32. The first-order chi connectivity index (χ1) is 12.7. The molecule has 1 amide bonds. The lowest BCUT2D eigenvalue weighted by Crippen LogP contribution is -2.47. The highest BCUT2D eigenvalue weighted by molar-refractivity contribution is 5.94. The molecular formula is C20H21N5O. The second kappa shape index (κ2) is 7.09.